The number of carbonyl (C=O) groups excluding carboxylic acids is 3. The van der Waals surface area contributed by atoms with Crippen molar-refractivity contribution in [1.82, 2.24) is 10.2 Å². The third kappa shape index (κ3) is 7.23. The first-order valence-electron chi connectivity index (χ1n) is 11.2. The van der Waals surface area contributed by atoms with Gasteiger partial charge in [0.05, 0.1) is 17.7 Å². The van der Waals surface area contributed by atoms with E-state index in [0.29, 0.717) is 0 Å². The first kappa shape index (κ1) is 30.5. The number of benzene rings is 1. The molecular formula is C23H34ClF3N4O4. The van der Waals surface area contributed by atoms with Gasteiger partial charge in [0.25, 0.3) is 5.91 Å². The molecule has 1 aromatic rings. The molecule has 0 saturated heterocycles. The summed E-state index contributed by atoms with van der Waals surface area (Å²) < 4.78 is 47.5. The van der Waals surface area contributed by atoms with Crippen molar-refractivity contribution in [2.75, 3.05) is 31.1 Å². The van der Waals surface area contributed by atoms with Gasteiger partial charge in [0, 0.05) is 38.6 Å². The molecule has 0 radical (unpaired) electrons. The summed E-state index contributed by atoms with van der Waals surface area (Å²) in [4.78, 5) is 40.2. The summed E-state index contributed by atoms with van der Waals surface area (Å²) >= 11 is 0. The van der Waals surface area contributed by atoms with Crippen molar-refractivity contribution in [3.05, 3.63) is 23.3 Å². The van der Waals surface area contributed by atoms with Gasteiger partial charge >= 0.3 is 6.18 Å². The van der Waals surface area contributed by atoms with E-state index in [1.807, 2.05) is 0 Å². The number of nitrogens with one attached hydrogen (secondary N) is 1. The van der Waals surface area contributed by atoms with Gasteiger partial charge in [-0.1, -0.05) is 6.92 Å². The second-order valence-electron chi connectivity index (χ2n) is 8.89. The van der Waals surface area contributed by atoms with Gasteiger partial charge in [-0.05, 0) is 45.4 Å². The van der Waals surface area contributed by atoms with Crippen LogP contribution >= 0.6 is 12.4 Å². The number of ether oxygens (including phenoxy) is 1. The van der Waals surface area contributed by atoms with Crippen LogP contribution in [0.15, 0.2) is 12.1 Å². The zero-order valence-electron chi connectivity index (χ0n) is 20.6. The minimum atomic E-state index is -4.74. The Balaban J connectivity index is 0.00000612. The van der Waals surface area contributed by atoms with E-state index >= 15 is 0 Å². The van der Waals surface area contributed by atoms with Crippen LogP contribution in [-0.2, 0) is 27.0 Å². The van der Waals surface area contributed by atoms with Crippen molar-refractivity contribution in [2.45, 2.75) is 65.3 Å². The van der Waals surface area contributed by atoms with Gasteiger partial charge < -0.3 is 25.6 Å². The molecule has 2 rings (SSSR count). The van der Waals surface area contributed by atoms with Crippen LogP contribution in [0, 0.1) is 0 Å². The quantitative estimate of drug-likeness (QED) is 0.519. The molecule has 0 saturated carbocycles. The summed E-state index contributed by atoms with van der Waals surface area (Å²) in [5, 5.41) is 2.66. The fourth-order valence-electron chi connectivity index (χ4n) is 3.80. The van der Waals surface area contributed by atoms with E-state index < -0.39 is 35.6 Å². The molecule has 0 bridgehead atoms. The molecule has 3 N–H and O–H groups in total. The predicted octanol–water partition coefficient (Wildman–Crippen LogP) is 2.90. The van der Waals surface area contributed by atoms with Crippen LogP contribution < -0.4 is 20.7 Å². The lowest BCUT2D eigenvalue weighted by molar-refractivity contribution is -0.139. The van der Waals surface area contributed by atoms with E-state index in [1.54, 1.807) is 20.8 Å². The molecule has 1 aliphatic rings. The Kier molecular flexibility index (Phi) is 10.4. The van der Waals surface area contributed by atoms with Gasteiger partial charge in [0.15, 0.2) is 5.60 Å². The van der Waals surface area contributed by atoms with Crippen LogP contribution in [-0.4, -0.2) is 60.4 Å². The third-order valence-electron chi connectivity index (χ3n) is 5.54. The molecule has 0 unspecified atom stereocenters. The molecule has 1 heterocycles. The third-order valence-corrected chi connectivity index (χ3v) is 5.54. The number of hydrogen-bond acceptors (Lipinski definition) is 5. The summed E-state index contributed by atoms with van der Waals surface area (Å²) in [6, 6.07) is 1.78. The van der Waals surface area contributed by atoms with Crippen LogP contribution in [0.25, 0.3) is 0 Å². The van der Waals surface area contributed by atoms with E-state index in [1.165, 1.54) is 29.7 Å². The number of anilines is 1. The topological polar surface area (TPSA) is 105 Å². The Morgan fingerprint density at radius 2 is 1.89 bits per heavy atom. The van der Waals surface area contributed by atoms with E-state index in [-0.39, 0.29) is 74.0 Å². The maximum absolute atomic E-state index is 13.9. The zero-order chi connectivity index (χ0) is 25.8. The van der Waals surface area contributed by atoms with Gasteiger partial charge in [-0.2, -0.15) is 13.2 Å². The van der Waals surface area contributed by atoms with Crippen LogP contribution in [0.2, 0.25) is 0 Å². The van der Waals surface area contributed by atoms with Crippen molar-refractivity contribution in [3.8, 4) is 5.75 Å². The van der Waals surface area contributed by atoms with Gasteiger partial charge in [-0.3, -0.25) is 14.4 Å². The van der Waals surface area contributed by atoms with E-state index in [4.69, 9.17) is 10.5 Å². The monoisotopic (exact) mass is 522 g/mol. The fourth-order valence-corrected chi connectivity index (χ4v) is 3.80. The van der Waals surface area contributed by atoms with Crippen molar-refractivity contribution in [2.24, 2.45) is 5.73 Å². The Morgan fingerprint density at radius 3 is 2.40 bits per heavy atom. The number of rotatable bonds is 9. The molecule has 0 atom stereocenters. The molecule has 0 spiro atoms. The van der Waals surface area contributed by atoms with Gasteiger partial charge in [0.2, 0.25) is 11.8 Å². The van der Waals surface area contributed by atoms with Gasteiger partial charge in [0.1, 0.15) is 5.75 Å². The highest BCUT2D eigenvalue weighted by molar-refractivity contribution is 6.02. The molecule has 35 heavy (non-hydrogen) atoms. The molecule has 198 valence electrons. The van der Waals surface area contributed by atoms with E-state index in [0.717, 1.165) is 6.07 Å². The van der Waals surface area contributed by atoms with E-state index in [9.17, 15) is 27.6 Å². The second-order valence-corrected chi connectivity index (χ2v) is 8.89. The predicted molar refractivity (Wildman–Crippen MR) is 129 cm³/mol. The van der Waals surface area contributed by atoms with Gasteiger partial charge in [-0.25, -0.2) is 0 Å². The lowest BCUT2D eigenvalue weighted by Crippen LogP contribution is -2.54. The van der Waals surface area contributed by atoms with Crippen molar-refractivity contribution in [3.63, 3.8) is 0 Å². The van der Waals surface area contributed by atoms with Crippen LogP contribution in [0.4, 0.5) is 18.9 Å². The Labute approximate surface area is 209 Å². The first-order valence-corrected chi connectivity index (χ1v) is 11.2. The Hall–Kier alpha value is -2.53. The van der Waals surface area contributed by atoms with E-state index in [2.05, 4.69) is 5.32 Å². The first-order chi connectivity index (χ1) is 15.7. The van der Waals surface area contributed by atoms with Crippen LogP contribution in [0.1, 0.15) is 52.2 Å². The van der Waals surface area contributed by atoms with Crippen molar-refractivity contribution >= 4 is 35.8 Å². The zero-order valence-corrected chi connectivity index (χ0v) is 21.4. The molecule has 0 aromatic heterocycles. The number of halogens is 4. The molecule has 0 aliphatic carbocycles. The lowest BCUT2D eigenvalue weighted by Gasteiger charge is -2.39. The lowest BCUT2D eigenvalue weighted by atomic mass is 9.97. The molecule has 8 nitrogen and oxygen atoms in total. The molecule has 0 fully saturated rings. The largest absolute Gasteiger partial charge is 0.476 e. The molecule has 1 aliphatic heterocycles. The smallest absolute Gasteiger partial charge is 0.416 e. The molecule has 3 amide bonds. The average Bonchev–Trinajstić information content (AvgIpc) is 2.73. The van der Waals surface area contributed by atoms with Crippen molar-refractivity contribution in [1.29, 1.82) is 0 Å². The number of alkyl halides is 3. The number of carbonyl (C=O) groups is 3. The maximum atomic E-state index is 13.9. The van der Waals surface area contributed by atoms with Crippen LogP contribution in [0.3, 0.4) is 0 Å². The highest BCUT2D eigenvalue weighted by Crippen LogP contribution is 2.44. The Morgan fingerprint density at radius 1 is 1.26 bits per heavy atom. The summed E-state index contributed by atoms with van der Waals surface area (Å²) in [5.41, 5.74) is 3.02. The summed E-state index contributed by atoms with van der Waals surface area (Å²) in [5.74, 6) is -1.30. The summed E-state index contributed by atoms with van der Waals surface area (Å²) in [6.45, 7) is 8.66. The summed E-state index contributed by atoms with van der Waals surface area (Å²) in [7, 11) is 0. The highest BCUT2D eigenvalue weighted by Gasteiger charge is 2.43. The number of nitrogens with zero attached hydrogens (tertiary/aromatic N) is 2. The molecular weight excluding hydrogens is 489 g/mol. The second kappa shape index (κ2) is 11.9. The van der Waals surface area contributed by atoms with Crippen LogP contribution in [0.5, 0.6) is 5.75 Å². The average molecular weight is 523 g/mol. The molecule has 12 heteroatoms. The van der Waals surface area contributed by atoms with Gasteiger partial charge in [-0.15, -0.1) is 12.4 Å². The SMILES string of the molecule is CCC(=O)NCCN1C(=O)C(C)(C)Oc2cc(C(F)(F)F)c(CC(=O)N(CCN)C(C)C)cc21.Cl. The fraction of sp³-hybridized carbons (Fsp3) is 0.609. The number of hydrogen-bond donors (Lipinski definition) is 2. The highest BCUT2D eigenvalue weighted by atomic mass is 35.5. The summed E-state index contributed by atoms with van der Waals surface area (Å²) in [6.07, 6.45) is -5.00. The maximum Gasteiger partial charge on any atom is 0.416 e. The number of amides is 3. The molecule has 1 aromatic carbocycles. The minimum absolute atomic E-state index is 0. The standard InChI is InChI=1S/C23H33F3N4O4.ClH/c1-6-19(31)28-8-10-30-17-11-15(12-20(32)29(9-7-27)14(2)3)16(23(24,25)26)13-18(17)34-22(4,5)21(30)33;/h11,13-14H,6-10,12,27H2,1-5H3,(H,28,31);1H. The minimum Gasteiger partial charge on any atom is -0.476 e. The number of nitrogens with two attached hydrogens (primary N) is 1. The normalized spacial score (nSPS) is 14.7. The van der Waals surface area contributed by atoms with Crippen molar-refractivity contribution < 1.29 is 32.3 Å². The number of fused-ring (bicyclic) bond motifs is 1. The Bertz CT molecular complexity index is 938.